The van der Waals surface area contributed by atoms with Gasteiger partial charge in [-0.25, -0.2) is 0 Å². The summed E-state index contributed by atoms with van der Waals surface area (Å²) in [7, 11) is 0. The zero-order chi connectivity index (χ0) is 8.97. The highest BCUT2D eigenvalue weighted by molar-refractivity contribution is 5.74. The van der Waals surface area contributed by atoms with E-state index in [1.807, 2.05) is 11.8 Å². The third kappa shape index (κ3) is 2.37. The highest BCUT2D eigenvalue weighted by Crippen LogP contribution is 2.15. The van der Waals surface area contributed by atoms with Crippen molar-refractivity contribution in [2.45, 2.75) is 13.3 Å². The van der Waals surface area contributed by atoms with Gasteiger partial charge in [-0.1, -0.05) is 0 Å². The summed E-state index contributed by atoms with van der Waals surface area (Å²) < 4.78 is 5.31. The summed E-state index contributed by atoms with van der Waals surface area (Å²) in [5, 5.41) is 7.22. The van der Waals surface area contributed by atoms with E-state index in [9.17, 15) is 0 Å². The fraction of sp³-hybridized carbons (Fsp3) is 0.875. The molecule has 0 aromatic rings. The van der Waals surface area contributed by atoms with E-state index in [1.165, 1.54) is 0 Å². The molecule has 0 spiro atoms. The van der Waals surface area contributed by atoms with Crippen molar-refractivity contribution in [2.24, 2.45) is 11.7 Å². The predicted octanol–water partition coefficient (Wildman–Crippen LogP) is 0.238. The number of hydrogen-bond acceptors (Lipinski definition) is 2. The lowest BCUT2D eigenvalue weighted by Crippen LogP contribution is -2.34. The molecule has 1 rings (SSSR count). The van der Waals surface area contributed by atoms with Crippen LogP contribution in [0.4, 0.5) is 0 Å². The van der Waals surface area contributed by atoms with Crippen molar-refractivity contribution >= 4 is 5.96 Å². The fourth-order valence-corrected chi connectivity index (χ4v) is 1.47. The normalized spacial score (nSPS) is 23.1. The summed E-state index contributed by atoms with van der Waals surface area (Å²) in [6, 6.07) is 0. The molecule has 12 heavy (non-hydrogen) atoms. The highest BCUT2D eigenvalue weighted by Gasteiger charge is 2.22. The Kier molecular flexibility index (Phi) is 3.34. The lowest BCUT2D eigenvalue weighted by molar-refractivity contribution is 0.114. The maximum Gasteiger partial charge on any atom is 0.188 e. The lowest BCUT2D eigenvalue weighted by Gasteiger charge is -2.15. The first-order valence-electron chi connectivity index (χ1n) is 4.40. The van der Waals surface area contributed by atoms with Gasteiger partial charge in [0, 0.05) is 25.6 Å². The predicted molar refractivity (Wildman–Crippen MR) is 48.1 cm³/mol. The van der Waals surface area contributed by atoms with E-state index < -0.39 is 0 Å². The van der Waals surface area contributed by atoms with Gasteiger partial charge in [0.1, 0.15) is 0 Å². The van der Waals surface area contributed by atoms with Crippen molar-refractivity contribution in [3.05, 3.63) is 0 Å². The van der Waals surface area contributed by atoms with Gasteiger partial charge >= 0.3 is 0 Å². The second-order valence-electron chi connectivity index (χ2n) is 3.15. The van der Waals surface area contributed by atoms with Gasteiger partial charge in [0.25, 0.3) is 0 Å². The van der Waals surface area contributed by atoms with E-state index in [4.69, 9.17) is 15.9 Å². The molecule has 1 aliphatic heterocycles. The molecule has 70 valence electrons. The molecule has 0 saturated carbocycles. The molecule has 1 heterocycles. The van der Waals surface area contributed by atoms with E-state index in [-0.39, 0.29) is 5.96 Å². The topological polar surface area (TPSA) is 62.3 Å². The van der Waals surface area contributed by atoms with Crippen LogP contribution in [-0.4, -0.2) is 37.2 Å². The van der Waals surface area contributed by atoms with Gasteiger partial charge < -0.3 is 15.4 Å². The molecule has 0 aromatic heterocycles. The number of likely N-dealkylation sites (tertiary alicyclic amines) is 1. The fourth-order valence-electron chi connectivity index (χ4n) is 1.47. The standard InChI is InChI=1S/C8H17N3O/c1-2-12-6-7-3-4-11(5-7)8(9)10/h7H,2-6H2,1H3,(H3,9,10). The first-order valence-corrected chi connectivity index (χ1v) is 4.40. The SMILES string of the molecule is CCOCC1CCN(C(=N)N)C1. The molecule has 4 nitrogen and oxygen atoms in total. The van der Waals surface area contributed by atoms with Crippen molar-refractivity contribution < 1.29 is 4.74 Å². The molecule has 1 unspecified atom stereocenters. The largest absolute Gasteiger partial charge is 0.381 e. The van der Waals surface area contributed by atoms with Crippen LogP contribution in [0.5, 0.6) is 0 Å². The van der Waals surface area contributed by atoms with Crippen molar-refractivity contribution in [1.29, 1.82) is 5.41 Å². The molecule has 4 heteroatoms. The molecule has 1 atom stereocenters. The molecule has 0 radical (unpaired) electrons. The van der Waals surface area contributed by atoms with Gasteiger partial charge in [-0.15, -0.1) is 0 Å². The first kappa shape index (κ1) is 9.32. The van der Waals surface area contributed by atoms with Crippen LogP contribution in [0.3, 0.4) is 0 Å². The Balaban J connectivity index is 2.21. The van der Waals surface area contributed by atoms with Crippen LogP contribution in [-0.2, 0) is 4.74 Å². The molecule has 3 N–H and O–H groups in total. The maximum absolute atomic E-state index is 7.22. The maximum atomic E-state index is 7.22. The van der Waals surface area contributed by atoms with Crippen LogP contribution in [0, 0.1) is 11.3 Å². The Labute approximate surface area is 73.2 Å². The van der Waals surface area contributed by atoms with Gasteiger partial charge in [-0.3, -0.25) is 5.41 Å². The summed E-state index contributed by atoms with van der Waals surface area (Å²) >= 11 is 0. The lowest BCUT2D eigenvalue weighted by atomic mass is 10.1. The number of rotatable bonds is 3. The summed E-state index contributed by atoms with van der Waals surface area (Å²) in [5.74, 6) is 0.753. The van der Waals surface area contributed by atoms with E-state index >= 15 is 0 Å². The average molecular weight is 171 g/mol. The minimum atomic E-state index is 0.189. The zero-order valence-corrected chi connectivity index (χ0v) is 7.55. The van der Waals surface area contributed by atoms with Crippen LogP contribution < -0.4 is 5.73 Å². The molecule has 0 bridgehead atoms. The number of nitrogens with two attached hydrogens (primary N) is 1. The quantitative estimate of drug-likeness (QED) is 0.472. The molecular weight excluding hydrogens is 154 g/mol. The van der Waals surface area contributed by atoms with E-state index in [0.29, 0.717) is 5.92 Å². The second-order valence-corrected chi connectivity index (χ2v) is 3.15. The monoisotopic (exact) mass is 171 g/mol. The summed E-state index contributed by atoms with van der Waals surface area (Å²) in [6.45, 7) is 5.37. The van der Waals surface area contributed by atoms with Gasteiger partial charge in [0.15, 0.2) is 5.96 Å². The van der Waals surface area contributed by atoms with Gasteiger partial charge in [0.2, 0.25) is 0 Å². The summed E-state index contributed by atoms with van der Waals surface area (Å²) in [6.07, 6.45) is 1.10. The van der Waals surface area contributed by atoms with Crippen LogP contribution in [0.1, 0.15) is 13.3 Å². The van der Waals surface area contributed by atoms with Crippen LogP contribution in [0.15, 0.2) is 0 Å². The number of hydrogen-bond donors (Lipinski definition) is 2. The number of nitrogens with one attached hydrogen (secondary N) is 1. The van der Waals surface area contributed by atoms with Crippen LogP contribution >= 0.6 is 0 Å². The first-order chi connectivity index (χ1) is 5.74. The van der Waals surface area contributed by atoms with Gasteiger partial charge in [-0.05, 0) is 13.3 Å². The van der Waals surface area contributed by atoms with E-state index in [0.717, 1.165) is 32.7 Å². The molecular formula is C8H17N3O. The van der Waals surface area contributed by atoms with E-state index in [1.54, 1.807) is 0 Å². The van der Waals surface area contributed by atoms with Gasteiger partial charge in [-0.2, -0.15) is 0 Å². The number of nitrogens with zero attached hydrogens (tertiary/aromatic N) is 1. The number of guanidine groups is 1. The highest BCUT2D eigenvalue weighted by atomic mass is 16.5. The van der Waals surface area contributed by atoms with Gasteiger partial charge in [0.05, 0.1) is 6.61 Å². The molecule has 1 fully saturated rings. The summed E-state index contributed by atoms with van der Waals surface area (Å²) in [5.41, 5.74) is 5.36. The molecule has 1 aliphatic rings. The third-order valence-electron chi connectivity index (χ3n) is 2.18. The second kappa shape index (κ2) is 4.30. The smallest absolute Gasteiger partial charge is 0.188 e. The van der Waals surface area contributed by atoms with Crippen LogP contribution in [0.25, 0.3) is 0 Å². The molecule has 1 saturated heterocycles. The average Bonchev–Trinajstić information content (AvgIpc) is 2.48. The molecule has 0 aromatic carbocycles. The minimum absolute atomic E-state index is 0.189. The van der Waals surface area contributed by atoms with E-state index in [2.05, 4.69) is 0 Å². The van der Waals surface area contributed by atoms with Crippen molar-refractivity contribution in [1.82, 2.24) is 4.90 Å². The Bertz CT molecular complexity index is 160. The van der Waals surface area contributed by atoms with Crippen molar-refractivity contribution in [3.8, 4) is 0 Å². The number of ether oxygens (including phenoxy) is 1. The van der Waals surface area contributed by atoms with Crippen LogP contribution in [0.2, 0.25) is 0 Å². The summed E-state index contributed by atoms with van der Waals surface area (Å²) in [4.78, 5) is 1.89. The Morgan fingerprint density at radius 3 is 3.00 bits per heavy atom. The Hall–Kier alpha value is -0.770. The zero-order valence-electron chi connectivity index (χ0n) is 7.55. The van der Waals surface area contributed by atoms with Crippen molar-refractivity contribution in [2.75, 3.05) is 26.3 Å². The minimum Gasteiger partial charge on any atom is -0.381 e. The molecule has 0 amide bonds. The van der Waals surface area contributed by atoms with Crippen molar-refractivity contribution in [3.63, 3.8) is 0 Å². The Morgan fingerprint density at radius 1 is 1.75 bits per heavy atom. The molecule has 0 aliphatic carbocycles. The Morgan fingerprint density at radius 2 is 2.50 bits per heavy atom. The third-order valence-corrected chi connectivity index (χ3v) is 2.18.